The lowest BCUT2D eigenvalue weighted by Gasteiger charge is -2.25. The van der Waals surface area contributed by atoms with Gasteiger partial charge in [-0.2, -0.15) is 0 Å². The molecule has 1 fully saturated rings. The molecule has 0 radical (unpaired) electrons. The van der Waals surface area contributed by atoms with Gasteiger partial charge in [0.1, 0.15) is 11.6 Å². The second-order valence-electron chi connectivity index (χ2n) is 6.85. The highest BCUT2D eigenvalue weighted by atomic mass is 35.5. The minimum absolute atomic E-state index is 0.682. The number of halogens is 1. The molecule has 0 atom stereocenters. The second kappa shape index (κ2) is 8.11. The van der Waals surface area contributed by atoms with E-state index in [1.54, 1.807) is 0 Å². The lowest BCUT2D eigenvalue weighted by Crippen LogP contribution is -2.30. The zero-order valence-electron chi connectivity index (χ0n) is 14.9. The Kier molecular flexibility index (Phi) is 5.42. The first-order valence-corrected chi connectivity index (χ1v) is 9.78. The van der Waals surface area contributed by atoms with Gasteiger partial charge in [-0.1, -0.05) is 30.2 Å². The molecule has 0 amide bonds. The summed E-state index contributed by atoms with van der Waals surface area (Å²) in [6.07, 6.45) is 5.09. The molecule has 0 bridgehead atoms. The molecular weight excluding hydrogens is 346 g/mol. The number of likely N-dealkylation sites (tertiary alicyclic amines) is 1. The van der Waals surface area contributed by atoms with E-state index in [0.29, 0.717) is 5.02 Å². The lowest BCUT2D eigenvalue weighted by atomic mass is 10.1. The van der Waals surface area contributed by atoms with E-state index in [1.165, 1.54) is 32.4 Å². The third kappa shape index (κ3) is 4.02. The van der Waals surface area contributed by atoms with Crippen LogP contribution in [0.2, 0.25) is 5.02 Å². The normalized spacial score (nSPS) is 18.4. The number of hydrogen-bond acceptors (Lipinski definition) is 3. The van der Waals surface area contributed by atoms with Crippen molar-refractivity contribution >= 4 is 23.1 Å². The van der Waals surface area contributed by atoms with Crippen molar-refractivity contribution in [3.63, 3.8) is 0 Å². The van der Waals surface area contributed by atoms with Crippen molar-refractivity contribution in [2.45, 2.75) is 25.7 Å². The molecule has 2 heterocycles. The summed E-state index contributed by atoms with van der Waals surface area (Å²) < 4.78 is 6.08. The van der Waals surface area contributed by atoms with Crippen LogP contribution in [-0.4, -0.2) is 36.9 Å². The standard InChI is InChI=1S/C21H24ClN3O/c22-16-9-10-19-17(15-16)21(24-18-7-2-3-8-20(18)26-19)23-11-6-14-25-12-4-1-5-13-25/h2-3,7-10,15H,1,4-6,11-14H2,(H,23,24). The Labute approximate surface area is 159 Å². The number of nitrogens with zero attached hydrogens (tertiary/aromatic N) is 2. The molecule has 5 heteroatoms. The number of nitrogens with one attached hydrogen (secondary N) is 1. The fourth-order valence-corrected chi connectivity index (χ4v) is 3.71. The Morgan fingerprint density at radius 3 is 2.77 bits per heavy atom. The molecule has 2 aliphatic rings. The monoisotopic (exact) mass is 369 g/mol. The number of aliphatic imine (C=N–C) groups is 1. The number of para-hydroxylation sites is 2. The molecular formula is C21H24ClN3O. The first kappa shape index (κ1) is 17.4. The Bertz CT molecular complexity index is 800. The minimum atomic E-state index is 0.682. The van der Waals surface area contributed by atoms with Gasteiger partial charge in [-0.3, -0.25) is 4.99 Å². The first-order valence-electron chi connectivity index (χ1n) is 9.40. The number of rotatable bonds is 4. The van der Waals surface area contributed by atoms with E-state index in [-0.39, 0.29) is 0 Å². The van der Waals surface area contributed by atoms with E-state index in [1.807, 2.05) is 42.5 Å². The van der Waals surface area contributed by atoms with Crippen molar-refractivity contribution in [2.24, 2.45) is 4.99 Å². The second-order valence-corrected chi connectivity index (χ2v) is 7.29. The van der Waals surface area contributed by atoms with Crippen LogP contribution in [0.4, 0.5) is 5.69 Å². The average molecular weight is 370 g/mol. The molecule has 1 saturated heterocycles. The largest absolute Gasteiger partial charge is 0.454 e. The van der Waals surface area contributed by atoms with Gasteiger partial charge >= 0.3 is 0 Å². The fraction of sp³-hybridized carbons (Fsp3) is 0.381. The zero-order valence-corrected chi connectivity index (χ0v) is 15.6. The maximum atomic E-state index is 6.22. The molecule has 4 rings (SSSR count). The SMILES string of the molecule is Clc1ccc2c(c1)C(=NCCCN1CCCCC1)Nc1ccccc1O2. The van der Waals surface area contributed by atoms with Gasteiger partial charge in [0.05, 0.1) is 11.3 Å². The third-order valence-electron chi connectivity index (χ3n) is 4.91. The molecule has 4 nitrogen and oxygen atoms in total. The van der Waals surface area contributed by atoms with Crippen molar-refractivity contribution in [1.82, 2.24) is 4.90 Å². The van der Waals surface area contributed by atoms with Gasteiger partial charge in [-0.05, 0) is 69.2 Å². The summed E-state index contributed by atoms with van der Waals surface area (Å²) in [4.78, 5) is 7.40. The maximum absolute atomic E-state index is 6.22. The van der Waals surface area contributed by atoms with Gasteiger partial charge in [-0.15, -0.1) is 0 Å². The Hall–Kier alpha value is -2.04. The number of hydrogen-bond donors (Lipinski definition) is 1. The molecule has 1 N–H and O–H groups in total. The Morgan fingerprint density at radius 2 is 1.88 bits per heavy atom. The van der Waals surface area contributed by atoms with Crippen LogP contribution >= 0.6 is 11.6 Å². The van der Waals surface area contributed by atoms with Crippen molar-refractivity contribution in [1.29, 1.82) is 0 Å². The number of fused-ring (bicyclic) bond motifs is 2. The summed E-state index contributed by atoms with van der Waals surface area (Å²) in [5, 5.41) is 4.12. The molecule has 26 heavy (non-hydrogen) atoms. The van der Waals surface area contributed by atoms with E-state index in [0.717, 1.165) is 48.1 Å². The van der Waals surface area contributed by atoms with Gasteiger partial charge in [0, 0.05) is 11.6 Å². The number of ether oxygens (including phenoxy) is 1. The predicted molar refractivity (Wildman–Crippen MR) is 108 cm³/mol. The van der Waals surface area contributed by atoms with E-state index in [9.17, 15) is 0 Å². The summed E-state index contributed by atoms with van der Waals surface area (Å²) in [6, 6.07) is 13.6. The highest BCUT2D eigenvalue weighted by molar-refractivity contribution is 6.31. The van der Waals surface area contributed by atoms with E-state index in [4.69, 9.17) is 21.3 Å². The smallest absolute Gasteiger partial charge is 0.150 e. The van der Waals surface area contributed by atoms with Crippen LogP contribution in [0.5, 0.6) is 11.5 Å². The van der Waals surface area contributed by atoms with Crippen LogP contribution in [0.15, 0.2) is 47.5 Å². The third-order valence-corrected chi connectivity index (χ3v) is 5.14. The minimum Gasteiger partial charge on any atom is -0.454 e. The zero-order chi connectivity index (χ0) is 17.8. The highest BCUT2D eigenvalue weighted by Crippen LogP contribution is 2.36. The summed E-state index contributed by atoms with van der Waals surface area (Å²) in [5.41, 5.74) is 1.83. The van der Waals surface area contributed by atoms with Gasteiger partial charge in [0.15, 0.2) is 5.75 Å². The molecule has 2 aromatic rings. The quantitative estimate of drug-likeness (QED) is 0.754. The van der Waals surface area contributed by atoms with Crippen LogP contribution < -0.4 is 10.1 Å². The van der Waals surface area contributed by atoms with Crippen molar-refractivity contribution in [3.05, 3.63) is 53.1 Å². The summed E-state index contributed by atoms with van der Waals surface area (Å²) in [7, 11) is 0. The Balaban J connectivity index is 1.52. The van der Waals surface area contributed by atoms with E-state index < -0.39 is 0 Å². The average Bonchev–Trinajstić information content (AvgIpc) is 2.82. The number of benzene rings is 2. The summed E-state index contributed by atoms with van der Waals surface area (Å²) >= 11 is 6.22. The van der Waals surface area contributed by atoms with Crippen LogP contribution in [0.25, 0.3) is 0 Å². The molecule has 0 spiro atoms. The molecule has 0 unspecified atom stereocenters. The topological polar surface area (TPSA) is 36.9 Å². The first-order chi connectivity index (χ1) is 12.8. The van der Waals surface area contributed by atoms with Crippen molar-refractivity contribution in [3.8, 4) is 11.5 Å². The van der Waals surface area contributed by atoms with Crippen LogP contribution in [-0.2, 0) is 0 Å². The predicted octanol–water partition coefficient (Wildman–Crippen LogP) is 5.18. The van der Waals surface area contributed by atoms with Crippen molar-refractivity contribution in [2.75, 3.05) is 31.5 Å². The van der Waals surface area contributed by atoms with E-state index >= 15 is 0 Å². The lowest BCUT2D eigenvalue weighted by molar-refractivity contribution is 0.228. The van der Waals surface area contributed by atoms with Crippen molar-refractivity contribution < 1.29 is 4.74 Å². The Morgan fingerprint density at radius 1 is 1.04 bits per heavy atom. The molecule has 0 aromatic heterocycles. The summed E-state index contributed by atoms with van der Waals surface area (Å²) in [5.74, 6) is 2.40. The van der Waals surface area contributed by atoms with Crippen LogP contribution in [0.1, 0.15) is 31.2 Å². The molecule has 136 valence electrons. The van der Waals surface area contributed by atoms with Gasteiger partial charge in [0.25, 0.3) is 0 Å². The molecule has 0 saturated carbocycles. The highest BCUT2D eigenvalue weighted by Gasteiger charge is 2.19. The van der Waals surface area contributed by atoms with Gasteiger partial charge in [0.2, 0.25) is 0 Å². The number of piperidine rings is 1. The van der Waals surface area contributed by atoms with Gasteiger partial charge < -0.3 is 15.0 Å². The molecule has 0 aliphatic carbocycles. The van der Waals surface area contributed by atoms with Gasteiger partial charge in [-0.25, -0.2) is 0 Å². The number of anilines is 1. The number of amidine groups is 1. The summed E-state index contributed by atoms with van der Waals surface area (Å²) in [6.45, 7) is 4.36. The van der Waals surface area contributed by atoms with E-state index in [2.05, 4.69) is 10.2 Å². The van der Waals surface area contributed by atoms with Crippen LogP contribution in [0.3, 0.4) is 0 Å². The molecule has 2 aliphatic heterocycles. The van der Waals surface area contributed by atoms with Crippen LogP contribution in [0, 0.1) is 0 Å². The fourth-order valence-electron chi connectivity index (χ4n) is 3.54. The molecule has 2 aromatic carbocycles. The maximum Gasteiger partial charge on any atom is 0.150 e.